The second-order valence-electron chi connectivity index (χ2n) is 8.35. The van der Waals surface area contributed by atoms with E-state index in [1.54, 1.807) is 4.90 Å². The minimum atomic E-state index is -4.55. The number of imidazole rings is 1. The van der Waals surface area contributed by atoms with Crippen molar-refractivity contribution in [1.29, 1.82) is 0 Å². The zero-order valence-corrected chi connectivity index (χ0v) is 17.8. The summed E-state index contributed by atoms with van der Waals surface area (Å²) >= 11 is 0. The number of amides is 1. The molecule has 0 spiro atoms. The molecule has 0 aliphatic carbocycles. The number of hydrogen-bond acceptors (Lipinski definition) is 5. The number of pyridine rings is 2. The van der Waals surface area contributed by atoms with Crippen LogP contribution in [0.15, 0.2) is 36.8 Å². The standard InChI is InChI=1S/C22H20F4N6O2/c23-14-1-2-19-28-9-18(31(19)10-14)20-15-8-27-16(7-17(15)32(29-20)12-22(24,25)26)21(34)30-5-3-13(11-33)4-6-30/h1-2,7-10,13,33H,3-6,11-12H2. The van der Waals surface area contributed by atoms with Crippen molar-refractivity contribution in [1.82, 2.24) is 29.0 Å². The van der Waals surface area contributed by atoms with E-state index in [0.717, 1.165) is 4.68 Å². The number of fused-ring (bicyclic) bond motifs is 2. The number of piperidine rings is 1. The fourth-order valence-corrected chi connectivity index (χ4v) is 4.28. The van der Waals surface area contributed by atoms with Crippen molar-refractivity contribution in [2.24, 2.45) is 5.92 Å². The monoisotopic (exact) mass is 476 g/mol. The average Bonchev–Trinajstić information content (AvgIpc) is 3.38. The highest BCUT2D eigenvalue weighted by molar-refractivity contribution is 5.99. The number of aliphatic hydroxyl groups is 1. The quantitative estimate of drug-likeness (QED) is 0.457. The van der Waals surface area contributed by atoms with Gasteiger partial charge in [-0.1, -0.05) is 0 Å². The lowest BCUT2D eigenvalue weighted by atomic mass is 9.97. The topological polar surface area (TPSA) is 88.6 Å². The molecule has 5 heterocycles. The van der Waals surface area contributed by atoms with Gasteiger partial charge in [-0.2, -0.15) is 18.3 Å². The van der Waals surface area contributed by atoms with Crippen LogP contribution < -0.4 is 0 Å². The minimum absolute atomic E-state index is 0.00834. The molecule has 1 N–H and O–H groups in total. The van der Waals surface area contributed by atoms with Gasteiger partial charge in [0.2, 0.25) is 0 Å². The largest absolute Gasteiger partial charge is 0.408 e. The molecule has 0 unspecified atom stereocenters. The number of hydrogen-bond donors (Lipinski definition) is 1. The normalized spacial score (nSPS) is 15.5. The Labute approximate surface area is 190 Å². The molecule has 0 saturated carbocycles. The van der Waals surface area contributed by atoms with Crippen LogP contribution in [0.3, 0.4) is 0 Å². The third-order valence-electron chi connectivity index (χ3n) is 6.06. The van der Waals surface area contributed by atoms with Gasteiger partial charge in [-0.05, 0) is 37.0 Å². The Hall–Kier alpha value is -3.54. The lowest BCUT2D eigenvalue weighted by Gasteiger charge is -2.30. The Bertz CT molecular complexity index is 1370. The van der Waals surface area contributed by atoms with Crippen molar-refractivity contribution < 1.29 is 27.5 Å². The number of alkyl halides is 3. The molecule has 1 saturated heterocycles. The van der Waals surface area contributed by atoms with Gasteiger partial charge in [0.1, 0.15) is 29.4 Å². The number of likely N-dealkylation sites (tertiary alicyclic amines) is 1. The Balaban J connectivity index is 1.58. The smallest absolute Gasteiger partial charge is 0.396 e. The van der Waals surface area contributed by atoms with Crippen LogP contribution in [0.2, 0.25) is 0 Å². The maximum absolute atomic E-state index is 13.8. The average molecular weight is 476 g/mol. The van der Waals surface area contributed by atoms with E-state index in [0.29, 0.717) is 37.3 Å². The third kappa shape index (κ3) is 4.09. The zero-order chi connectivity index (χ0) is 24.0. The number of aromatic nitrogens is 5. The molecular weight excluding hydrogens is 456 g/mol. The summed E-state index contributed by atoms with van der Waals surface area (Å²) in [4.78, 5) is 23.0. The molecular formula is C22H20F4N6O2. The summed E-state index contributed by atoms with van der Waals surface area (Å²) in [6.07, 6.45) is 0.627. The van der Waals surface area contributed by atoms with Crippen molar-refractivity contribution in [2.75, 3.05) is 19.7 Å². The first kappa shape index (κ1) is 22.3. The van der Waals surface area contributed by atoms with Gasteiger partial charge in [0, 0.05) is 37.5 Å². The van der Waals surface area contributed by atoms with Gasteiger partial charge < -0.3 is 10.0 Å². The molecule has 178 valence electrons. The number of carbonyl (C=O) groups is 1. The van der Waals surface area contributed by atoms with Crippen LogP contribution in [0, 0.1) is 11.7 Å². The molecule has 4 aromatic rings. The fraction of sp³-hybridized carbons (Fsp3) is 0.364. The summed E-state index contributed by atoms with van der Waals surface area (Å²) in [6.45, 7) is -0.443. The summed E-state index contributed by atoms with van der Waals surface area (Å²) in [7, 11) is 0. The predicted molar refractivity (Wildman–Crippen MR) is 113 cm³/mol. The van der Waals surface area contributed by atoms with Gasteiger partial charge in [0.25, 0.3) is 5.91 Å². The summed E-state index contributed by atoms with van der Waals surface area (Å²) in [6, 6.07) is 3.99. The molecule has 8 nitrogen and oxygen atoms in total. The molecule has 0 radical (unpaired) electrons. The highest BCUT2D eigenvalue weighted by atomic mass is 19.4. The lowest BCUT2D eigenvalue weighted by Crippen LogP contribution is -2.39. The maximum atomic E-state index is 13.8. The van der Waals surface area contributed by atoms with Crippen LogP contribution in [0.4, 0.5) is 17.6 Å². The third-order valence-corrected chi connectivity index (χ3v) is 6.06. The molecule has 0 bridgehead atoms. The van der Waals surface area contributed by atoms with Crippen LogP contribution in [-0.4, -0.2) is 65.9 Å². The highest BCUT2D eigenvalue weighted by Gasteiger charge is 2.31. The highest BCUT2D eigenvalue weighted by Crippen LogP contribution is 2.31. The summed E-state index contributed by atoms with van der Waals surface area (Å²) in [5, 5.41) is 13.7. The van der Waals surface area contributed by atoms with E-state index >= 15 is 0 Å². The number of halogens is 4. The number of nitrogens with zero attached hydrogens (tertiary/aromatic N) is 6. The molecule has 4 aromatic heterocycles. The van der Waals surface area contributed by atoms with E-state index in [9.17, 15) is 27.5 Å². The van der Waals surface area contributed by atoms with Crippen molar-refractivity contribution in [3.63, 3.8) is 0 Å². The van der Waals surface area contributed by atoms with Crippen molar-refractivity contribution in [2.45, 2.75) is 25.6 Å². The van der Waals surface area contributed by atoms with Gasteiger partial charge in [0.15, 0.2) is 0 Å². The molecule has 1 fully saturated rings. The molecule has 34 heavy (non-hydrogen) atoms. The fourth-order valence-electron chi connectivity index (χ4n) is 4.28. The van der Waals surface area contributed by atoms with E-state index in [1.807, 2.05) is 0 Å². The first-order valence-electron chi connectivity index (χ1n) is 10.7. The van der Waals surface area contributed by atoms with Crippen LogP contribution >= 0.6 is 0 Å². The van der Waals surface area contributed by atoms with E-state index in [-0.39, 0.29) is 34.8 Å². The van der Waals surface area contributed by atoms with Gasteiger partial charge in [-0.15, -0.1) is 0 Å². The second-order valence-corrected chi connectivity index (χ2v) is 8.35. The van der Waals surface area contributed by atoms with E-state index < -0.39 is 24.4 Å². The summed E-state index contributed by atoms with van der Waals surface area (Å²) < 4.78 is 55.9. The Kier molecular flexibility index (Phi) is 5.47. The van der Waals surface area contributed by atoms with Crippen LogP contribution in [0.1, 0.15) is 23.3 Å². The van der Waals surface area contributed by atoms with E-state index in [4.69, 9.17) is 0 Å². The number of carbonyl (C=O) groups excluding carboxylic acids is 1. The molecule has 5 rings (SSSR count). The lowest BCUT2D eigenvalue weighted by molar-refractivity contribution is -0.141. The van der Waals surface area contributed by atoms with Crippen LogP contribution in [-0.2, 0) is 6.54 Å². The molecule has 0 aromatic carbocycles. The Morgan fingerprint density at radius 3 is 2.62 bits per heavy atom. The van der Waals surface area contributed by atoms with Crippen molar-refractivity contribution >= 4 is 22.5 Å². The first-order chi connectivity index (χ1) is 16.2. The molecule has 12 heteroatoms. The second kappa shape index (κ2) is 8.35. The molecule has 0 atom stereocenters. The van der Waals surface area contributed by atoms with Gasteiger partial charge in [0.05, 0.1) is 17.4 Å². The predicted octanol–water partition coefficient (Wildman–Crippen LogP) is 3.29. The SMILES string of the molecule is O=C(c1cc2c(cn1)c(-c1cnc3ccc(F)cn13)nn2CC(F)(F)F)N1CCC(CO)CC1. The first-order valence-corrected chi connectivity index (χ1v) is 10.7. The summed E-state index contributed by atoms with van der Waals surface area (Å²) in [5.41, 5.74) is 0.942. The van der Waals surface area contributed by atoms with E-state index in [2.05, 4.69) is 15.1 Å². The van der Waals surface area contributed by atoms with Crippen LogP contribution in [0.5, 0.6) is 0 Å². The van der Waals surface area contributed by atoms with Gasteiger partial charge in [-0.3, -0.25) is 18.9 Å². The van der Waals surface area contributed by atoms with Crippen molar-refractivity contribution in [3.8, 4) is 11.4 Å². The van der Waals surface area contributed by atoms with Gasteiger partial charge >= 0.3 is 6.18 Å². The van der Waals surface area contributed by atoms with Crippen molar-refractivity contribution in [3.05, 3.63) is 48.3 Å². The number of aliphatic hydroxyl groups excluding tert-OH is 1. The molecule has 1 aliphatic heterocycles. The molecule has 1 aliphatic rings. The molecule has 1 amide bonds. The zero-order valence-electron chi connectivity index (χ0n) is 17.8. The Morgan fingerprint density at radius 2 is 1.91 bits per heavy atom. The van der Waals surface area contributed by atoms with Crippen LogP contribution in [0.25, 0.3) is 27.9 Å². The maximum Gasteiger partial charge on any atom is 0.408 e. The number of rotatable bonds is 4. The minimum Gasteiger partial charge on any atom is -0.396 e. The van der Waals surface area contributed by atoms with Gasteiger partial charge in [-0.25, -0.2) is 9.37 Å². The van der Waals surface area contributed by atoms with E-state index in [1.165, 1.54) is 41.2 Å². The Morgan fingerprint density at radius 1 is 1.15 bits per heavy atom. The summed E-state index contributed by atoms with van der Waals surface area (Å²) in [5.74, 6) is -0.802.